The van der Waals surface area contributed by atoms with E-state index in [1.807, 2.05) is 44.2 Å². The summed E-state index contributed by atoms with van der Waals surface area (Å²) in [5.74, 6) is 0.948. The molecule has 3 heteroatoms. The molecular weight excluding hydrogens is 292 g/mol. The summed E-state index contributed by atoms with van der Waals surface area (Å²) in [6.07, 6.45) is 4.43. The monoisotopic (exact) mass is 314 g/mol. The molecule has 2 aromatic rings. The van der Waals surface area contributed by atoms with E-state index >= 15 is 0 Å². The molecule has 2 nitrogen and oxygen atoms in total. The maximum atomic E-state index is 12.2. The molecule has 0 atom stereocenters. The smallest absolute Gasteiger partial charge is 0.195 e. The molecule has 0 aliphatic carbocycles. The van der Waals surface area contributed by atoms with Gasteiger partial charge in [0, 0.05) is 4.88 Å². The van der Waals surface area contributed by atoms with Crippen LogP contribution in [-0.4, -0.2) is 10.9 Å². The largest absolute Gasteiger partial charge is 0.507 e. The van der Waals surface area contributed by atoms with Gasteiger partial charge in [0.15, 0.2) is 5.78 Å². The zero-order valence-electron chi connectivity index (χ0n) is 13.5. The number of phenols is 1. The lowest BCUT2D eigenvalue weighted by Crippen LogP contribution is -1.91. The van der Waals surface area contributed by atoms with Crippen molar-refractivity contribution in [1.82, 2.24) is 0 Å². The first-order valence-electron chi connectivity index (χ1n) is 7.48. The molecular formula is C19H22O2S. The van der Waals surface area contributed by atoms with E-state index < -0.39 is 0 Å². The van der Waals surface area contributed by atoms with Crippen LogP contribution in [0.5, 0.6) is 5.75 Å². The molecule has 0 saturated heterocycles. The molecule has 0 bridgehead atoms. The summed E-state index contributed by atoms with van der Waals surface area (Å²) in [5, 5.41) is 9.77. The van der Waals surface area contributed by atoms with Crippen molar-refractivity contribution in [2.24, 2.45) is 5.92 Å². The van der Waals surface area contributed by atoms with Crippen molar-refractivity contribution in [3.8, 4) is 5.75 Å². The number of aromatic hydroxyl groups is 1. The Morgan fingerprint density at radius 2 is 1.86 bits per heavy atom. The number of rotatable bonds is 5. The van der Waals surface area contributed by atoms with Crippen LogP contribution in [0, 0.1) is 19.8 Å². The summed E-state index contributed by atoms with van der Waals surface area (Å²) in [6, 6.07) is 7.71. The second-order valence-corrected chi connectivity index (χ2v) is 7.23. The minimum Gasteiger partial charge on any atom is -0.507 e. The first-order chi connectivity index (χ1) is 10.4. The molecule has 0 fully saturated rings. The highest BCUT2D eigenvalue weighted by atomic mass is 32.1. The van der Waals surface area contributed by atoms with Gasteiger partial charge in [-0.05, 0) is 73.2 Å². The summed E-state index contributed by atoms with van der Waals surface area (Å²) in [6.45, 7) is 8.07. The molecule has 0 unspecified atom stereocenters. The van der Waals surface area contributed by atoms with Gasteiger partial charge in [-0.2, -0.15) is 0 Å². The molecule has 0 radical (unpaired) electrons. The second-order valence-electron chi connectivity index (χ2n) is 6.06. The Morgan fingerprint density at radius 1 is 1.23 bits per heavy atom. The zero-order valence-corrected chi connectivity index (χ0v) is 14.3. The number of ketones is 1. The number of carbonyl (C=O) groups excluding carboxylic acids is 1. The highest BCUT2D eigenvalue weighted by Crippen LogP contribution is 2.24. The molecule has 1 heterocycles. The van der Waals surface area contributed by atoms with Crippen LogP contribution in [0.2, 0.25) is 0 Å². The van der Waals surface area contributed by atoms with Crippen molar-refractivity contribution in [2.45, 2.75) is 34.1 Å². The van der Waals surface area contributed by atoms with Crippen molar-refractivity contribution in [1.29, 1.82) is 0 Å². The van der Waals surface area contributed by atoms with Crippen molar-refractivity contribution in [3.63, 3.8) is 0 Å². The first kappa shape index (κ1) is 16.5. The van der Waals surface area contributed by atoms with Crippen molar-refractivity contribution in [2.75, 3.05) is 0 Å². The number of thiophene rings is 1. The SMILES string of the molecule is Cc1cc(/C=C/C(=O)c2ccc(CC(C)C)s2)cc(C)c1O. The molecule has 0 saturated carbocycles. The summed E-state index contributed by atoms with van der Waals surface area (Å²) in [5.41, 5.74) is 2.57. The number of hydrogen-bond donors (Lipinski definition) is 1. The number of hydrogen-bond acceptors (Lipinski definition) is 3. The summed E-state index contributed by atoms with van der Waals surface area (Å²) in [4.78, 5) is 14.3. The predicted molar refractivity (Wildman–Crippen MR) is 93.8 cm³/mol. The molecule has 0 aliphatic rings. The van der Waals surface area contributed by atoms with Crippen LogP contribution in [0.15, 0.2) is 30.3 Å². The minimum absolute atomic E-state index is 0.0309. The Kier molecular flexibility index (Phi) is 5.19. The first-order valence-corrected chi connectivity index (χ1v) is 8.30. The highest BCUT2D eigenvalue weighted by molar-refractivity contribution is 7.14. The van der Waals surface area contributed by atoms with E-state index in [4.69, 9.17) is 0 Å². The summed E-state index contributed by atoms with van der Waals surface area (Å²) in [7, 11) is 0. The van der Waals surface area contributed by atoms with E-state index in [1.54, 1.807) is 17.4 Å². The number of phenolic OH excluding ortho intramolecular Hbond substituents is 1. The van der Waals surface area contributed by atoms with Gasteiger partial charge < -0.3 is 5.11 Å². The lowest BCUT2D eigenvalue weighted by Gasteiger charge is -2.04. The van der Waals surface area contributed by atoms with Gasteiger partial charge in [-0.3, -0.25) is 4.79 Å². The molecule has 0 spiro atoms. The second kappa shape index (κ2) is 6.93. The standard InChI is InChI=1S/C19H22O2S/c1-12(2)9-16-6-8-18(22-16)17(20)7-5-15-10-13(3)19(21)14(4)11-15/h5-8,10-12,21H,9H2,1-4H3/b7-5+. The van der Waals surface area contributed by atoms with E-state index in [9.17, 15) is 9.90 Å². The minimum atomic E-state index is 0.0309. The highest BCUT2D eigenvalue weighted by Gasteiger charge is 2.08. The van der Waals surface area contributed by atoms with Crippen LogP contribution >= 0.6 is 11.3 Å². The average molecular weight is 314 g/mol. The van der Waals surface area contributed by atoms with Crippen molar-refractivity contribution < 1.29 is 9.90 Å². The van der Waals surface area contributed by atoms with E-state index in [0.717, 1.165) is 28.0 Å². The molecule has 1 aromatic heterocycles. The maximum Gasteiger partial charge on any atom is 0.195 e. The summed E-state index contributed by atoms with van der Waals surface area (Å²) < 4.78 is 0. The van der Waals surface area contributed by atoms with Crippen LogP contribution in [0.1, 0.15) is 45.1 Å². The fourth-order valence-corrected chi connectivity index (χ4v) is 3.50. The van der Waals surface area contributed by atoms with Gasteiger partial charge >= 0.3 is 0 Å². The molecule has 22 heavy (non-hydrogen) atoms. The Morgan fingerprint density at radius 3 is 2.45 bits per heavy atom. The van der Waals surface area contributed by atoms with E-state index in [0.29, 0.717) is 11.7 Å². The Bertz CT molecular complexity index is 685. The third kappa shape index (κ3) is 4.08. The third-order valence-electron chi connectivity index (χ3n) is 3.45. The third-order valence-corrected chi connectivity index (χ3v) is 4.58. The topological polar surface area (TPSA) is 37.3 Å². The Labute approximate surface area is 136 Å². The van der Waals surface area contributed by atoms with E-state index in [1.165, 1.54) is 4.88 Å². The Hall–Kier alpha value is -1.87. The number of benzene rings is 1. The zero-order chi connectivity index (χ0) is 16.3. The normalized spacial score (nSPS) is 11.5. The van der Waals surface area contributed by atoms with Gasteiger partial charge in [0.2, 0.25) is 0 Å². The number of carbonyl (C=O) groups is 1. The quantitative estimate of drug-likeness (QED) is 0.611. The van der Waals surface area contributed by atoms with Gasteiger partial charge in [0.1, 0.15) is 5.75 Å². The molecule has 1 aromatic carbocycles. The van der Waals surface area contributed by atoms with Crippen LogP contribution in [0.4, 0.5) is 0 Å². The van der Waals surface area contributed by atoms with Crippen molar-refractivity contribution >= 4 is 23.2 Å². The lowest BCUT2D eigenvalue weighted by molar-refractivity contribution is 0.105. The fourth-order valence-electron chi connectivity index (χ4n) is 2.36. The molecule has 0 aliphatic heterocycles. The van der Waals surface area contributed by atoms with Gasteiger partial charge in [-0.1, -0.05) is 19.9 Å². The Balaban J connectivity index is 2.13. The van der Waals surface area contributed by atoms with Crippen LogP contribution < -0.4 is 0 Å². The van der Waals surface area contributed by atoms with Gasteiger partial charge in [0.25, 0.3) is 0 Å². The van der Waals surface area contributed by atoms with Crippen molar-refractivity contribution in [3.05, 3.63) is 56.8 Å². The molecule has 2 rings (SSSR count). The molecule has 116 valence electrons. The van der Waals surface area contributed by atoms with Gasteiger partial charge in [0.05, 0.1) is 4.88 Å². The van der Waals surface area contributed by atoms with Crippen LogP contribution in [0.3, 0.4) is 0 Å². The summed E-state index contributed by atoms with van der Waals surface area (Å²) >= 11 is 1.57. The molecule has 1 N–H and O–H groups in total. The number of allylic oxidation sites excluding steroid dienone is 1. The van der Waals surface area contributed by atoms with Gasteiger partial charge in [-0.15, -0.1) is 11.3 Å². The maximum absolute atomic E-state index is 12.2. The lowest BCUT2D eigenvalue weighted by atomic mass is 10.1. The number of aryl methyl sites for hydroxylation is 2. The van der Waals surface area contributed by atoms with Crippen LogP contribution in [0.25, 0.3) is 6.08 Å². The van der Waals surface area contributed by atoms with Crippen LogP contribution in [-0.2, 0) is 6.42 Å². The van der Waals surface area contributed by atoms with E-state index in [2.05, 4.69) is 13.8 Å². The van der Waals surface area contributed by atoms with E-state index in [-0.39, 0.29) is 5.78 Å². The average Bonchev–Trinajstić information content (AvgIpc) is 2.89. The fraction of sp³-hybridized carbons (Fsp3) is 0.316. The predicted octanol–water partition coefficient (Wildman–Crippen LogP) is 5.17. The molecule has 0 amide bonds. The van der Waals surface area contributed by atoms with Gasteiger partial charge in [-0.25, -0.2) is 0 Å².